The summed E-state index contributed by atoms with van der Waals surface area (Å²) in [5.41, 5.74) is 4.87. The molecule has 0 atom stereocenters. The van der Waals surface area contributed by atoms with Crippen molar-refractivity contribution in [2.75, 3.05) is 5.43 Å². The fraction of sp³-hybridized carbons (Fsp3) is 0. The first-order chi connectivity index (χ1) is 10.3. The van der Waals surface area contributed by atoms with Crippen LogP contribution < -0.4 is 5.43 Å². The van der Waals surface area contributed by atoms with Crippen LogP contribution in [0.4, 0.5) is 5.13 Å². The molecule has 0 spiro atoms. The summed E-state index contributed by atoms with van der Waals surface area (Å²) in [5, 5.41) is 5.62. The third kappa shape index (κ3) is 3.48. The van der Waals surface area contributed by atoms with Crippen molar-refractivity contribution in [3.63, 3.8) is 0 Å². The lowest BCUT2D eigenvalue weighted by molar-refractivity contribution is 1.31. The number of halogens is 1. The van der Waals surface area contributed by atoms with E-state index in [4.69, 9.17) is 11.6 Å². The quantitative estimate of drug-likeness (QED) is 0.540. The fourth-order valence-corrected chi connectivity index (χ4v) is 2.83. The first kappa shape index (κ1) is 13.8. The lowest BCUT2D eigenvalue weighted by Gasteiger charge is -1.94. The number of aromatic nitrogens is 1. The van der Waals surface area contributed by atoms with E-state index in [9.17, 15) is 0 Å². The van der Waals surface area contributed by atoms with E-state index in [0.29, 0.717) is 0 Å². The number of rotatable bonds is 4. The van der Waals surface area contributed by atoms with Gasteiger partial charge in [-0.05, 0) is 29.8 Å². The average Bonchev–Trinajstić information content (AvgIpc) is 2.91. The van der Waals surface area contributed by atoms with E-state index in [0.717, 1.165) is 25.9 Å². The van der Waals surface area contributed by atoms with Gasteiger partial charge in [0.05, 0.1) is 10.2 Å². The molecular weight excluding hydrogens is 302 g/mol. The Morgan fingerprint density at radius 2 is 1.90 bits per heavy atom. The zero-order chi connectivity index (χ0) is 14.5. The van der Waals surface area contributed by atoms with Gasteiger partial charge in [0, 0.05) is 11.2 Å². The molecule has 21 heavy (non-hydrogen) atoms. The van der Waals surface area contributed by atoms with E-state index in [2.05, 4.69) is 15.5 Å². The Kier molecular flexibility index (Phi) is 4.28. The number of fused-ring (bicyclic) bond motifs is 1. The first-order valence-corrected chi connectivity index (χ1v) is 7.58. The fourth-order valence-electron chi connectivity index (χ4n) is 1.81. The van der Waals surface area contributed by atoms with Gasteiger partial charge in [-0.3, -0.25) is 5.43 Å². The second-order valence-corrected chi connectivity index (χ2v) is 5.70. The Morgan fingerprint density at radius 1 is 1.10 bits per heavy atom. The molecule has 5 heteroatoms. The second-order valence-electron chi connectivity index (χ2n) is 4.26. The van der Waals surface area contributed by atoms with Gasteiger partial charge >= 0.3 is 0 Å². The summed E-state index contributed by atoms with van der Waals surface area (Å²) in [7, 11) is 0. The Balaban J connectivity index is 1.63. The molecule has 1 aromatic heterocycles. The van der Waals surface area contributed by atoms with Gasteiger partial charge in [-0.1, -0.05) is 59.3 Å². The Bertz CT molecular complexity index is 775. The summed E-state index contributed by atoms with van der Waals surface area (Å²) >= 11 is 7.63. The van der Waals surface area contributed by atoms with Crippen LogP contribution in [0, 0.1) is 0 Å². The molecular formula is C16H12ClN3S. The highest BCUT2D eigenvalue weighted by atomic mass is 35.5. The van der Waals surface area contributed by atoms with E-state index >= 15 is 0 Å². The van der Waals surface area contributed by atoms with E-state index in [1.807, 2.05) is 60.7 Å². The summed E-state index contributed by atoms with van der Waals surface area (Å²) in [6, 6.07) is 15.7. The molecule has 0 bridgehead atoms. The number of allylic oxidation sites excluding steroid dienone is 1. The largest absolute Gasteiger partial charge is 0.253 e. The molecule has 0 radical (unpaired) electrons. The van der Waals surface area contributed by atoms with Gasteiger partial charge < -0.3 is 0 Å². The van der Waals surface area contributed by atoms with Gasteiger partial charge in [-0.15, -0.1) is 0 Å². The van der Waals surface area contributed by atoms with E-state index < -0.39 is 0 Å². The standard InChI is InChI=1S/C16H12ClN3S/c17-13-8-2-1-6-12(13)7-5-11-18-20-16-19-14-9-3-4-10-15(14)21-16/h1-11H,(H,19,20)/b7-5+,18-11-. The van der Waals surface area contributed by atoms with Gasteiger partial charge in [-0.25, -0.2) is 4.98 Å². The Hall–Kier alpha value is -2.17. The van der Waals surface area contributed by atoms with Crippen LogP contribution in [-0.2, 0) is 0 Å². The second kappa shape index (κ2) is 6.52. The molecule has 1 heterocycles. The van der Waals surface area contributed by atoms with Gasteiger partial charge in [0.25, 0.3) is 0 Å². The van der Waals surface area contributed by atoms with Crippen LogP contribution in [0.2, 0.25) is 5.02 Å². The number of nitrogens with one attached hydrogen (secondary N) is 1. The first-order valence-electron chi connectivity index (χ1n) is 6.39. The molecule has 0 fully saturated rings. The van der Waals surface area contributed by atoms with Crippen molar-refractivity contribution >= 4 is 50.6 Å². The molecule has 3 rings (SSSR count). The minimum absolute atomic E-state index is 0.723. The van der Waals surface area contributed by atoms with Crippen LogP contribution in [0.1, 0.15) is 5.56 Å². The summed E-state index contributed by atoms with van der Waals surface area (Å²) in [6.45, 7) is 0. The van der Waals surface area contributed by atoms with E-state index in [1.54, 1.807) is 17.6 Å². The Labute approximate surface area is 131 Å². The molecule has 2 aromatic carbocycles. The lowest BCUT2D eigenvalue weighted by atomic mass is 10.2. The lowest BCUT2D eigenvalue weighted by Crippen LogP contribution is -1.86. The molecule has 0 aliphatic heterocycles. The smallest absolute Gasteiger partial charge is 0.204 e. The average molecular weight is 314 g/mol. The highest BCUT2D eigenvalue weighted by Gasteiger charge is 2.00. The predicted molar refractivity (Wildman–Crippen MR) is 92.2 cm³/mol. The van der Waals surface area contributed by atoms with Crippen LogP contribution in [0.15, 0.2) is 59.7 Å². The van der Waals surface area contributed by atoms with E-state index in [1.165, 1.54) is 0 Å². The SMILES string of the molecule is Clc1ccccc1/C=C/C=N\Nc1nc2ccccc2s1. The van der Waals surface area contributed by atoms with Crippen molar-refractivity contribution in [3.8, 4) is 0 Å². The van der Waals surface area contributed by atoms with E-state index in [-0.39, 0.29) is 0 Å². The number of thiazole rings is 1. The van der Waals surface area contributed by atoms with Crippen LogP contribution in [0.5, 0.6) is 0 Å². The molecule has 1 N–H and O–H groups in total. The number of hydrogen-bond donors (Lipinski definition) is 1. The van der Waals surface area contributed by atoms with Crippen LogP contribution in [0.25, 0.3) is 16.3 Å². The van der Waals surface area contributed by atoms with Crippen LogP contribution in [-0.4, -0.2) is 11.2 Å². The molecule has 0 amide bonds. The molecule has 104 valence electrons. The summed E-state index contributed by atoms with van der Waals surface area (Å²) in [4.78, 5) is 4.43. The van der Waals surface area contributed by atoms with Gasteiger partial charge in [0.1, 0.15) is 0 Å². The van der Waals surface area contributed by atoms with Crippen molar-refractivity contribution in [1.82, 2.24) is 4.98 Å². The maximum Gasteiger partial charge on any atom is 0.204 e. The number of para-hydroxylation sites is 1. The highest BCUT2D eigenvalue weighted by molar-refractivity contribution is 7.22. The van der Waals surface area contributed by atoms with Gasteiger partial charge in [-0.2, -0.15) is 5.10 Å². The summed E-state index contributed by atoms with van der Waals surface area (Å²) in [5.74, 6) is 0. The van der Waals surface area contributed by atoms with Crippen molar-refractivity contribution in [3.05, 3.63) is 65.2 Å². The van der Waals surface area contributed by atoms with Gasteiger partial charge in [0.15, 0.2) is 0 Å². The number of nitrogens with zero attached hydrogens (tertiary/aromatic N) is 2. The molecule has 0 saturated heterocycles. The molecule has 3 nitrogen and oxygen atoms in total. The monoisotopic (exact) mass is 313 g/mol. The van der Waals surface area contributed by atoms with Crippen molar-refractivity contribution < 1.29 is 0 Å². The van der Waals surface area contributed by atoms with Gasteiger partial charge in [0.2, 0.25) is 5.13 Å². The predicted octanol–water partition coefficient (Wildman–Crippen LogP) is 5.06. The topological polar surface area (TPSA) is 37.3 Å². The maximum absolute atomic E-state index is 6.06. The summed E-state index contributed by atoms with van der Waals surface area (Å²) in [6.07, 6.45) is 5.42. The Morgan fingerprint density at radius 3 is 2.76 bits per heavy atom. The molecule has 0 unspecified atom stereocenters. The highest BCUT2D eigenvalue weighted by Crippen LogP contribution is 2.25. The minimum Gasteiger partial charge on any atom is -0.253 e. The zero-order valence-corrected chi connectivity index (χ0v) is 12.6. The third-order valence-corrected chi connectivity index (χ3v) is 4.08. The van der Waals surface area contributed by atoms with Crippen molar-refractivity contribution in [2.45, 2.75) is 0 Å². The minimum atomic E-state index is 0.723. The maximum atomic E-state index is 6.06. The molecule has 0 aliphatic carbocycles. The number of benzene rings is 2. The molecule has 0 aliphatic rings. The number of hydrogen-bond acceptors (Lipinski definition) is 4. The third-order valence-electron chi connectivity index (χ3n) is 2.80. The van der Waals surface area contributed by atoms with Crippen molar-refractivity contribution in [2.24, 2.45) is 5.10 Å². The number of hydrazone groups is 1. The van der Waals surface area contributed by atoms with Crippen molar-refractivity contribution in [1.29, 1.82) is 0 Å². The normalized spacial score (nSPS) is 11.7. The summed E-state index contributed by atoms with van der Waals surface area (Å²) < 4.78 is 1.14. The molecule has 3 aromatic rings. The van der Waals surface area contributed by atoms with Crippen LogP contribution >= 0.6 is 22.9 Å². The number of anilines is 1. The van der Waals surface area contributed by atoms with Crippen LogP contribution in [0.3, 0.4) is 0 Å². The molecule has 0 saturated carbocycles. The zero-order valence-electron chi connectivity index (χ0n) is 11.0.